The maximum atomic E-state index is 9.87. The molecule has 0 spiro atoms. The molecule has 80 valence electrons. The van der Waals surface area contributed by atoms with Gasteiger partial charge in [0.25, 0.3) is 0 Å². The van der Waals surface area contributed by atoms with E-state index in [2.05, 4.69) is 26.7 Å². The summed E-state index contributed by atoms with van der Waals surface area (Å²) in [7, 11) is -11.0. The predicted octanol–water partition coefficient (Wildman–Crippen LogP) is 4.91. The second-order valence-electron chi connectivity index (χ2n) is 3.64. The summed E-state index contributed by atoms with van der Waals surface area (Å²) in [5.41, 5.74) is 0. The van der Waals surface area contributed by atoms with Gasteiger partial charge in [-0.25, -0.2) is 0 Å². The molecule has 0 radical (unpaired) electrons. The first-order valence-corrected chi connectivity index (χ1v) is 8.41. The van der Waals surface area contributed by atoms with Crippen molar-refractivity contribution in [2.24, 2.45) is 0 Å². The minimum atomic E-state index is -10.7. The fourth-order valence-electron chi connectivity index (χ4n) is 0. The van der Waals surface area contributed by atoms with Crippen LogP contribution in [0.2, 0.25) is 0 Å². The molecule has 0 rings (SSSR count). The van der Waals surface area contributed by atoms with E-state index in [1.54, 1.807) is 0 Å². The van der Waals surface area contributed by atoms with Gasteiger partial charge in [-0.1, -0.05) is 0 Å². The molecular formula is C4H12F6P2. The van der Waals surface area contributed by atoms with E-state index in [0.29, 0.717) is 0 Å². The van der Waals surface area contributed by atoms with Crippen molar-refractivity contribution in [3.05, 3.63) is 0 Å². The quantitative estimate of drug-likeness (QED) is 0.414. The molecule has 0 bridgehead atoms. The Bertz CT molecular complexity index is 128. The molecule has 0 aromatic heterocycles. The molecule has 0 nitrogen and oxygen atoms in total. The van der Waals surface area contributed by atoms with E-state index in [-0.39, 0.29) is 7.26 Å². The molecule has 8 heteroatoms. The Kier molecular flexibility index (Phi) is 3.38. The van der Waals surface area contributed by atoms with E-state index in [1.165, 1.54) is 0 Å². The summed E-state index contributed by atoms with van der Waals surface area (Å²) in [5.74, 6) is 0. The van der Waals surface area contributed by atoms with Crippen molar-refractivity contribution in [1.82, 2.24) is 0 Å². The zero-order chi connectivity index (χ0) is 10.9. The molecule has 0 aliphatic heterocycles. The number of halogens is 6. The maximum absolute atomic E-state index is 10.7. The van der Waals surface area contributed by atoms with Crippen molar-refractivity contribution in [2.75, 3.05) is 26.7 Å². The van der Waals surface area contributed by atoms with Crippen LogP contribution in [0.25, 0.3) is 0 Å². The summed E-state index contributed by atoms with van der Waals surface area (Å²) in [6.07, 6.45) is 0. The molecule has 0 heterocycles. The van der Waals surface area contributed by atoms with Crippen LogP contribution in [0.5, 0.6) is 0 Å². The third-order valence-electron chi connectivity index (χ3n) is 0. The van der Waals surface area contributed by atoms with E-state index in [4.69, 9.17) is 0 Å². The molecule has 12 heavy (non-hydrogen) atoms. The molecule has 0 amide bonds. The summed E-state index contributed by atoms with van der Waals surface area (Å²) in [6, 6.07) is 0. The van der Waals surface area contributed by atoms with Crippen LogP contribution in [0.15, 0.2) is 0 Å². The molecule has 0 fully saturated rings. The second kappa shape index (κ2) is 2.71. The number of rotatable bonds is 0. The molecule has 0 aliphatic rings. The fraction of sp³-hybridized carbons (Fsp3) is 1.00. The number of hydrogen-bond donors (Lipinski definition) is 0. The van der Waals surface area contributed by atoms with Gasteiger partial charge in [0, 0.05) is 33.9 Å². The Morgan fingerprint density at radius 3 is 0.667 bits per heavy atom. The van der Waals surface area contributed by atoms with Crippen molar-refractivity contribution in [2.45, 2.75) is 0 Å². The van der Waals surface area contributed by atoms with Gasteiger partial charge in [0.15, 0.2) is 0 Å². The SMILES string of the molecule is C[P+](C)(C)C.F[P-](F)(F)(F)(F)F. The van der Waals surface area contributed by atoms with Crippen LogP contribution < -0.4 is 0 Å². The first-order valence-electron chi connectivity index (χ1n) is 2.80. The third kappa shape index (κ3) is 4810. The van der Waals surface area contributed by atoms with Crippen LogP contribution in [-0.4, -0.2) is 26.7 Å². The number of hydrogen-bond acceptors (Lipinski definition) is 0. The van der Waals surface area contributed by atoms with E-state index in [1.807, 2.05) is 0 Å². The van der Waals surface area contributed by atoms with Gasteiger partial charge in [0.2, 0.25) is 0 Å². The second-order valence-corrected chi connectivity index (χ2v) is 10.9. The van der Waals surface area contributed by atoms with Crippen LogP contribution >= 0.6 is 15.1 Å². The zero-order valence-electron chi connectivity index (χ0n) is 7.16. The summed E-state index contributed by atoms with van der Waals surface area (Å²) < 4.78 is 59.2. The van der Waals surface area contributed by atoms with E-state index in [0.717, 1.165) is 0 Å². The van der Waals surface area contributed by atoms with Gasteiger partial charge in [-0.3, -0.25) is 0 Å². The van der Waals surface area contributed by atoms with Crippen LogP contribution in [0, 0.1) is 0 Å². The summed E-state index contributed by atoms with van der Waals surface area (Å²) in [5, 5.41) is 0. The average Bonchev–Trinajstić information content (AvgIpc) is 1.04. The van der Waals surface area contributed by atoms with Gasteiger partial charge >= 0.3 is 33.0 Å². The van der Waals surface area contributed by atoms with Gasteiger partial charge in [0.05, 0.1) is 0 Å². The zero-order valence-corrected chi connectivity index (χ0v) is 8.95. The Morgan fingerprint density at radius 1 is 0.667 bits per heavy atom. The summed E-state index contributed by atoms with van der Waals surface area (Å²) >= 11 is 0. The average molecular weight is 236 g/mol. The van der Waals surface area contributed by atoms with Gasteiger partial charge in [-0.05, 0) is 0 Å². The van der Waals surface area contributed by atoms with Gasteiger partial charge in [-0.15, -0.1) is 0 Å². The molecule has 0 saturated heterocycles. The fourth-order valence-corrected chi connectivity index (χ4v) is 0. The Balaban J connectivity index is 0. The van der Waals surface area contributed by atoms with Crippen LogP contribution in [0.4, 0.5) is 25.2 Å². The predicted molar refractivity (Wildman–Crippen MR) is 44.2 cm³/mol. The first-order chi connectivity index (χ1) is 4.45. The van der Waals surface area contributed by atoms with Crippen molar-refractivity contribution in [3.63, 3.8) is 0 Å². The molecule has 0 aliphatic carbocycles. The van der Waals surface area contributed by atoms with Gasteiger partial charge < -0.3 is 0 Å². The Hall–Kier alpha value is 0.440. The van der Waals surface area contributed by atoms with Gasteiger partial charge in [0.1, 0.15) is 0 Å². The molecular weight excluding hydrogens is 224 g/mol. The Morgan fingerprint density at radius 2 is 0.667 bits per heavy atom. The molecule has 0 aromatic carbocycles. The molecule has 0 unspecified atom stereocenters. The topological polar surface area (TPSA) is 0 Å². The van der Waals surface area contributed by atoms with Crippen molar-refractivity contribution < 1.29 is 25.2 Å². The summed E-state index contributed by atoms with van der Waals surface area (Å²) in [4.78, 5) is 0. The molecule has 0 aromatic rings. The van der Waals surface area contributed by atoms with Crippen LogP contribution in [0.1, 0.15) is 0 Å². The van der Waals surface area contributed by atoms with E-state index < -0.39 is 7.81 Å². The minimum absolute atomic E-state index is 0.389. The normalized spacial score (nSPS) is 18.5. The van der Waals surface area contributed by atoms with E-state index in [9.17, 15) is 25.2 Å². The van der Waals surface area contributed by atoms with E-state index >= 15 is 0 Å². The van der Waals surface area contributed by atoms with Crippen molar-refractivity contribution >= 4 is 15.1 Å². The Labute approximate surface area is 67.9 Å². The molecule has 0 N–H and O–H groups in total. The summed E-state index contributed by atoms with van der Waals surface area (Å²) in [6.45, 7) is 9.19. The van der Waals surface area contributed by atoms with Crippen molar-refractivity contribution in [3.8, 4) is 0 Å². The van der Waals surface area contributed by atoms with Gasteiger partial charge in [-0.2, -0.15) is 0 Å². The standard InChI is InChI=1S/C4H12P.F6P/c1-5(2,3)4;1-7(2,3,4,5)6/h1-4H3;/q+1;-1. The van der Waals surface area contributed by atoms with Crippen LogP contribution in [0.3, 0.4) is 0 Å². The van der Waals surface area contributed by atoms with Crippen molar-refractivity contribution in [1.29, 1.82) is 0 Å². The monoisotopic (exact) mass is 236 g/mol. The van der Waals surface area contributed by atoms with Crippen LogP contribution in [-0.2, 0) is 0 Å². The molecule has 0 saturated carbocycles. The third-order valence-corrected chi connectivity index (χ3v) is 0. The molecule has 0 atom stereocenters. The first kappa shape index (κ1) is 14.9.